The first-order valence-corrected chi connectivity index (χ1v) is 8.95. The van der Waals surface area contributed by atoms with Gasteiger partial charge in [0.1, 0.15) is 18.2 Å². The fraction of sp³-hybridized carbons (Fsp3) is 0.250. The van der Waals surface area contributed by atoms with Crippen LogP contribution >= 0.6 is 0 Å². The van der Waals surface area contributed by atoms with Crippen LogP contribution in [0.1, 0.15) is 18.7 Å². The molecule has 8 heteroatoms. The molecule has 0 aliphatic carbocycles. The third-order valence-electron chi connectivity index (χ3n) is 3.89. The molecule has 0 unspecified atom stereocenters. The van der Waals surface area contributed by atoms with Crippen molar-refractivity contribution in [2.24, 2.45) is 5.73 Å². The number of ether oxygens (including phenoxy) is 1. The monoisotopic (exact) mass is 384 g/mol. The Bertz CT molecular complexity index is 895. The van der Waals surface area contributed by atoms with Crippen molar-refractivity contribution in [3.05, 3.63) is 60.2 Å². The van der Waals surface area contributed by atoms with Crippen LogP contribution in [0.4, 0.5) is 10.1 Å². The van der Waals surface area contributed by atoms with Crippen LogP contribution in [0.3, 0.4) is 0 Å². The van der Waals surface area contributed by atoms with Gasteiger partial charge in [0.15, 0.2) is 0 Å². The Morgan fingerprint density at radius 2 is 1.89 bits per heavy atom. The van der Waals surface area contributed by atoms with Crippen molar-refractivity contribution in [2.75, 3.05) is 18.5 Å². The Balaban J connectivity index is 1.43. The number of benzene rings is 2. The number of anilines is 1. The van der Waals surface area contributed by atoms with Crippen molar-refractivity contribution >= 4 is 11.6 Å². The number of carbonyl (C=O) groups excluding carboxylic acids is 1. The topological polar surface area (TPSA) is 103 Å². The minimum Gasteiger partial charge on any atom is -0.492 e. The summed E-state index contributed by atoms with van der Waals surface area (Å²) >= 11 is 0. The van der Waals surface area contributed by atoms with Crippen LogP contribution in [0.2, 0.25) is 0 Å². The van der Waals surface area contributed by atoms with Gasteiger partial charge in [-0.3, -0.25) is 4.79 Å². The summed E-state index contributed by atoms with van der Waals surface area (Å²) < 4.78 is 23.5. The highest BCUT2D eigenvalue weighted by Gasteiger charge is 2.10. The van der Waals surface area contributed by atoms with Crippen LogP contribution in [0.5, 0.6) is 5.75 Å². The van der Waals surface area contributed by atoms with Crippen molar-refractivity contribution in [3.63, 3.8) is 0 Å². The molecule has 0 saturated heterocycles. The number of nitrogens with zero attached hydrogens (tertiary/aromatic N) is 2. The summed E-state index contributed by atoms with van der Waals surface area (Å²) in [6, 6.07) is 13.0. The second kappa shape index (κ2) is 9.61. The zero-order valence-electron chi connectivity index (χ0n) is 15.2. The summed E-state index contributed by atoms with van der Waals surface area (Å²) in [6.07, 6.45) is 1.36. The Hall–Kier alpha value is -3.26. The molecule has 7 nitrogen and oxygen atoms in total. The van der Waals surface area contributed by atoms with E-state index in [2.05, 4.69) is 15.5 Å². The van der Waals surface area contributed by atoms with Gasteiger partial charge in [0.25, 0.3) is 0 Å². The zero-order chi connectivity index (χ0) is 19.8. The molecule has 0 aliphatic heterocycles. The maximum absolute atomic E-state index is 13.0. The number of hydrogen-bond donors (Lipinski definition) is 2. The van der Waals surface area contributed by atoms with Gasteiger partial charge < -0.3 is 20.3 Å². The van der Waals surface area contributed by atoms with E-state index in [1.807, 2.05) is 0 Å². The first kappa shape index (κ1) is 19.5. The number of aromatic nitrogens is 2. The highest BCUT2D eigenvalue weighted by atomic mass is 19.1. The molecule has 2 aromatic carbocycles. The lowest BCUT2D eigenvalue weighted by Gasteiger charge is -2.07. The summed E-state index contributed by atoms with van der Waals surface area (Å²) in [6.45, 7) is 0.897. The van der Waals surface area contributed by atoms with Gasteiger partial charge in [-0.1, -0.05) is 5.16 Å². The maximum Gasteiger partial charge on any atom is 0.226 e. The van der Waals surface area contributed by atoms with E-state index in [0.717, 1.165) is 0 Å². The van der Waals surface area contributed by atoms with Crippen LogP contribution in [0.15, 0.2) is 53.1 Å². The number of halogens is 1. The lowest BCUT2D eigenvalue weighted by atomic mass is 10.2. The standard InChI is InChI=1S/C20H21FN4O3/c21-15-6-4-14(5-7-15)20-24-19(28-25-20)3-1-2-18(26)23-16-8-10-17(11-9-16)27-13-12-22/h4-11H,1-3,12-13,22H2,(H,23,26). The molecular weight excluding hydrogens is 363 g/mol. The van der Waals surface area contributed by atoms with Gasteiger partial charge in [-0.15, -0.1) is 0 Å². The largest absolute Gasteiger partial charge is 0.492 e. The van der Waals surface area contributed by atoms with E-state index in [9.17, 15) is 9.18 Å². The van der Waals surface area contributed by atoms with Crippen molar-refractivity contribution in [3.8, 4) is 17.1 Å². The Morgan fingerprint density at radius 1 is 1.14 bits per heavy atom. The molecule has 1 aromatic heterocycles. The number of aryl methyl sites for hydroxylation is 1. The second-order valence-electron chi connectivity index (χ2n) is 6.08. The fourth-order valence-electron chi connectivity index (χ4n) is 2.51. The molecule has 0 saturated carbocycles. The molecular formula is C20H21FN4O3. The Kier molecular flexibility index (Phi) is 6.69. The number of rotatable bonds is 9. The highest BCUT2D eigenvalue weighted by Crippen LogP contribution is 2.18. The number of amides is 1. The quantitative estimate of drug-likeness (QED) is 0.587. The van der Waals surface area contributed by atoms with Crippen molar-refractivity contribution in [1.82, 2.24) is 10.1 Å². The molecule has 0 fully saturated rings. The van der Waals surface area contributed by atoms with E-state index in [0.29, 0.717) is 61.1 Å². The Labute approximate surface area is 161 Å². The molecule has 0 atom stereocenters. The van der Waals surface area contributed by atoms with Crippen LogP contribution in [-0.4, -0.2) is 29.2 Å². The molecule has 0 spiro atoms. The fourth-order valence-corrected chi connectivity index (χ4v) is 2.51. The van der Waals surface area contributed by atoms with Gasteiger partial charge in [-0.05, 0) is 55.0 Å². The van der Waals surface area contributed by atoms with Gasteiger partial charge in [0.05, 0.1) is 0 Å². The minimum atomic E-state index is -0.323. The van der Waals surface area contributed by atoms with Gasteiger partial charge in [-0.2, -0.15) is 4.98 Å². The first-order valence-electron chi connectivity index (χ1n) is 8.95. The van der Waals surface area contributed by atoms with E-state index in [1.54, 1.807) is 36.4 Å². The van der Waals surface area contributed by atoms with Crippen molar-refractivity contribution in [2.45, 2.75) is 19.3 Å². The molecule has 0 aliphatic rings. The summed E-state index contributed by atoms with van der Waals surface area (Å²) in [4.78, 5) is 16.3. The molecule has 1 amide bonds. The number of hydrogen-bond acceptors (Lipinski definition) is 6. The van der Waals surface area contributed by atoms with Crippen LogP contribution in [0, 0.1) is 5.82 Å². The first-order chi connectivity index (χ1) is 13.6. The van der Waals surface area contributed by atoms with Crippen LogP contribution < -0.4 is 15.8 Å². The van der Waals surface area contributed by atoms with E-state index in [4.69, 9.17) is 15.0 Å². The third-order valence-corrected chi connectivity index (χ3v) is 3.89. The van der Waals surface area contributed by atoms with E-state index in [1.165, 1.54) is 12.1 Å². The van der Waals surface area contributed by atoms with Gasteiger partial charge in [0, 0.05) is 30.6 Å². The lowest BCUT2D eigenvalue weighted by molar-refractivity contribution is -0.116. The molecule has 1 heterocycles. The molecule has 146 valence electrons. The summed E-state index contributed by atoms with van der Waals surface area (Å²) in [7, 11) is 0. The number of nitrogens with one attached hydrogen (secondary N) is 1. The molecule has 0 radical (unpaired) electrons. The van der Waals surface area contributed by atoms with Gasteiger partial charge in [0.2, 0.25) is 17.6 Å². The number of nitrogens with two attached hydrogens (primary N) is 1. The SMILES string of the molecule is NCCOc1ccc(NC(=O)CCCc2nc(-c3ccc(F)cc3)no2)cc1. The average molecular weight is 384 g/mol. The molecule has 3 N–H and O–H groups in total. The maximum atomic E-state index is 13.0. The summed E-state index contributed by atoms with van der Waals surface area (Å²) in [5, 5.41) is 6.71. The second-order valence-corrected chi connectivity index (χ2v) is 6.08. The summed E-state index contributed by atoms with van der Waals surface area (Å²) in [5.41, 5.74) is 6.76. The lowest BCUT2D eigenvalue weighted by Crippen LogP contribution is -2.12. The van der Waals surface area contributed by atoms with E-state index < -0.39 is 0 Å². The van der Waals surface area contributed by atoms with Crippen LogP contribution in [-0.2, 0) is 11.2 Å². The van der Waals surface area contributed by atoms with Crippen molar-refractivity contribution < 1.29 is 18.4 Å². The predicted octanol–water partition coefficient (Wildman–Crippen LogP) is 3.17. The Morgan fingerprint density at radius 3 is 2.61 bits per heavy atom. The van der Waals surface area contributed by atoms with Crippen LogP contribution in [0.25, 0.3) is 11.4 Å². The minimum absolute atomic E-state index is 0.103. The van der Waals surface area contributed by atoms with Crippen molar-refractivity contribution in [1.29, 1.82) is 0 Å². The van der Waals surface area contributed by atoms with Gasteiger partial charge in [-0.25, -0.2) is 4.39 Å². The number of carbonyl (C=O) groups is 1. The van der Waals surface area contributed by atoms with Gasteiger partial charge >= 0.3 is 0 Å². The highest BCUT2D eigenvalue weighted by molar-refractivity contribution is 5.90. The molecule has 3 rings (SSSR count). The average Bonchev–Trinajstić information content (AvgIpc) is 3.17. The smallest absolute Gasteiger partial charge is 0.226 e. The molecule has 28 heavy (non-hydrogen) atoms. The molecule has 0 bridgehead atoms. The molecule has 3 aromatic rings. The summed E-state index contributed by atoms with van der Waals surface area (Å²) in [5.74, 6) is 1.12. The zero-order valence-corrected chi connectivity index (χ0v) is 15.2. The van der Waals surface area contributed by atoms with E-state index in [-0.39, 0.29) is 11.7 Å². The normalized spacial score (nSPS) is 10.6. The predicted molar refractivity (Wildman–Crippen MR) is 102 cm³/mol. The van der Waals surface area contributed by atoms with E-state index >= 15 is 0 Å². The third kappa shape index (κ3) is 5.62.